The molecule has 1 aromatic carbocycles. The van der Waals surface area contributed by atoms with Crippen molar-refractivity contribution < 1.29 is 18.7 Å². The molecule has 0 saturated carbocycles. The minimum atomic E-state index is -0.475. The van der Waals surface area contributed by atoms with E-state index in [9.17, 15) is 14.0 Å². The first kappa shape index (κ1) is 15.8. The Kier molecular flexibility index (Phi) is 4.50. The molecule has 5 nitrogen and oxygen atoms in total. The number of ether oxygens (including phenoxy) is 1. The predicted molar refractivity (Wildman–Crippen MR) is 84.9 cm³/mol. The van der Waals surface area contributed by atoms with Crippen LogP contribution in [0.1, 0.15) is 25.7 Å². The molecule has 3 rings (SSSR count). The third-order valence-corrected chi connectivity index (χ3v) is 4.60. The molecule has 2 fully saturated rings. The lowest BCUT2D eigenvalue weighted by Crippen LogP contribution is -2.30. The van der Waals surface area contributed by atoms with Gasteiger partial charge in [0.15, 0.2) is 0 Å². The fourth-order valence-electron chi connectivity index (χ4n) is 3.34. The lowest BCUT2D eigenvalue weighted by atomic mass is 10.1. The monoisotopic (exact) mass is 320 g/mol. The van der Waals surface area contributed by atoms with Crippen LogP contribution >= 0.6 is 0 Å². The number of esters is 1. The number of hydrogen-bond acceptors (Lipinski definition) is 4. The maximum Gasteiger partial charge on any atom is 0.311 e. The van der Waals surface area contributed by atoms with Crippen LogP contribution in [0.15, 0.2) is 18.2 Å². The second kappa shape index (κ2) is 6.56. The van der Waals surface area contributed by atoms with Crippen molar-refractivity contribution in [3.63, 3.8) is 0 Å². The molecule has 0 aliphatic carbocycles. The van der Waals surface area contributed by atoms with Gasteiger partial charge in [0.25, 0.3) is 0 Å². The number of halogens is 1. The van der Waals surface area contributed by atoms with Crippen molar-refractivity contribution in [1.29, 1.82) is 0 Å². The number of hydrogen-bond donors (Lipinski definition) is 0. The molecule has 0 aromatic heterocycles. The number of carbonyl (C=O) groups is 2. The Hall–Kier alpha value is -2.11. The van der Waals surface area contributed by atoms with Gasteiger partial charge in [-0.3, -0.25) is 9.59 Å². The molecule has 1 amide bonds. The summed E-state index contributed by atoms with van der Waals surface area (Å²) >= 11 is 0. The molecular formula is C17H21FN2O3. The number of piperidine rings is 1. The molecule has 0 bridgehead atoms. The van der Waals surface area contributed by atoms with Crippen molar-refractivity contribution in [1.82, 2.24) is 0 Å². The maximum atomic E-state index is 14.5. The molecule has 6 heteroatoms. The van der Waals surface area contributed by atoms with Crippen LogP contribution in [0.5, 0.6) is 0 Å². The van der Waals surface area contributed by atoms with Gasteiger partial charge in [-0.15, -0.1) is 0 Å². The summed E-state index contributed by atoms with van der Waals surface area (Å²) in [6, 6.07) is 4.88. The average molecular weight is 320 g/mol. The number of amides is 1. The number of rotatable bonds is 3. The molecule has 2 aliphatic rings. The van der Waals surface area contributed by atoms with Crippen LogP contribution in [0, 0.1) is 11.7 Å². The Morgan fingerprint density at radius 3 is 2.65 bits per heavy atom. The van der Waals surface area contributed by atoms with Crippen LogP contribution in [0.25, 0.3) is 0 Å². The summed E-state index contributed by atoms with van der Waals surface area (Å²) in [5.41, 5.74) is 1.09. The summed E-state index contributed by atoms with van der Waals surface area (Å²) in [6.45, 7) is 1.97. The predicted octanol–water partition coefficient (Wildman–Crippen LogP) is 2.34. The Morgan fingerprint density at radius 1 is 1.26 bits per heavy atom. The standard InChI is InChI=1S/C17H21FN2O3/c1-23-17(22)12-9-16(21)20(11-12)13-5-6-15(14(18)10-13)19-7-3-2-4-8-19/h5-6,10,12H,2-4,7-9,11H2,1H3/t12-/m0/s1. The fourth-order valence-corrected chi connectivity index (χ4v) is 3.34. The third kappa shape index (κ3) is 3.16. The number of methoxy groups -OCH3 is 1. The zero-order valence-corrected chi connectivity index (χ0v) is 13.3. The van der Waals surface area contributed by atoms with Crippen molar-refractivity contribution >= 4 is 23.3 Å². The molecule has 0 radical (unpaired) electrons. The highest BCUT2D eigenvalue weighted by atomic mass is 19.1. The summed E-state index contributed by atoms with van der Waals surface area (Å²) in [6.07, 6.45) is 3.45. The minimum absolute atomic E-state index is 0.113. The molecule has 124 valence electrons. The lowest BCUT2D eigenvalue weighted by Gasteiger charge is -2.29. The summed E-state index contributed by atoms with van der Waals surface area (Å²) in [5.74, 6) is -1.37. The van der Waals surface area contributed by atoms with Crippen LogP contribution < -0.4 is 9.80 Å². The van der Waals surface area contributed by atoms with Gasteiger partial charge in [0, 0.05) is 31.7 Å². The number of benzene rings is 1. The van der Waals surface area contributed by atoms with Crippen LogP contribution in [-0.4, -0.2) is 38.6 Å². The first-order valence-electron chi connectivity index (χ1n) is 8.03. The van der Waals surface area contributed by atoms with E-state index in [0.29, 0.717) is 11.4 Å². The van der Waals surface area contributed by atoms with E-state index in [0.717, 1.165) is 25.9 Å². The van der Waals surface area contributed by atoms with Crippen molar-refractivity contribution in [3.05, 3.63) is 24.0 Å². The normalized spacial score (nSPS) is 21.7. The number of carbonyl (C=O) groups excluding carboxylic acids is 2. The quantitative estimate of drug-likeness (QED) is 0.802. The van der Waals surface area contributed by atoms with E-state index >= 15 is 0 Å². The zero-order chi connectivity index (χ0) is 16.4. The van der Waals surface area contributed by atoms with E-state index in [2.05, 4.69) is 0 Å². The van der Waals surface area contributed by atoms with Crippen molar-refractivity contribution in [2.45, 2.75) is 25.7 Å². The van der Waals surface area contributed by atoms with E-state index in [-0.39, 0.29) is 24.7 Å². The molecule has 0 N–H and O–H groups in total. The molecule has 1 aromatic rings. The fraction of sp³-hybridized carbons (Fsp3) is 0.529. The summed E-state index contributed by atoms with van der Waals surface area (Å²) in [7, 11) is 1.31. The van der Waals surface area contributed by atoms with Gasteiger partial charge >= 0.3 is 5.97 Å². The molecule has 2 aliphatic heterocycles. The Bertz CT molecular complexity index is 614. The van der Waals surface area contributed by atoms with Gasteiger partial charge in [-0.25, -0.2) is 4.39 Å². The molecule has 2 saturated heterocycles. The van der Waals surface area contributed by atoms with Gasteiger partial charge in [-0.05, 0) is 37.5 Å². The largest absolute Gasteiger partial charge is 0.469 e. The second-order valence-electron chi connectivity index (χ2n) is 6.11. The van der Waals surface area contributed by atoms with E-state index in [1.54, 1.807) is 12.1 Å². The number of anilines is 2. The summed E-state index contributed by atoms with van der Waals surface area (Å²) < 4.78 is 19.2. The molecule has 0 spiro atoms. The van der Waals surface area contributed by atoms with Crippen molar-refractivity contribution in [3.8, 4) is 0 Å². The summed E-state index contributed by atoms with van der Waals surface area (Å²) in [5, 5.41) is 0. The number of nitrogens with zero attached hydrogens (tertiary/aromatic N) is 2. The minimum Gasteiger partial charge on any atom is -0.469 e. The van der Waals surface area contributed by atoms with Gasteiger partial charge in [-0.1, -0.05) is 0 Å². The van der Waals surface area contributed by atoms with Gasteiger partial charge in [0.05, 0.1) is 18.7 Å². The molecule has 1 atom stereocenters. The van der Waals surface area contributed by atoms with Gasteiger partial charge < -0.3 is 14.5 Å². The third-order valence-electron chi connectivity index (χ3n) is 4.60. The van der Waals surface area contributed by atoms with Crippen molar-refractivity contribution in [2.24, 2.45) is 5.92 Å². The van der Waals surface area contributed by atoms with Gasteiger partial charge in [0.2, 0.25) is 5.91 Å². The first-order chi connectivity index (χ1) is 11.1. The van der Waals surface area contributed by atoms with Crippen molar-refractivity contribution in [2.75, 3.05) is 36.5 Å². The van der Waals surface area contributed by atoms with Gasteiger partial charge in [-0.2, -0.15) is 0 Å². The molecule has 23 heavy (non-hydrogen) atoms. The van der Waals surface area contributed by atoms with Crippen LogP contribution in [-0.2, 0) is 14.3 Å². The zero-order valence-electron chi connectivity index (χ0n) is 13.3. The summed E-state index contributed by atoms with van der Waals surface area (Å²) in [4.78, 5) is 27.2. The average Bonchev–Trinajstić information content (AvgIpc) is 2.96. The van der Waals surface area contributed by atoms with E-state index in [1.807, 2.05) is 4.90 Å². The van der Waals surface area contributed by atoms with Gasteiger partial charge in [0.1, 0.15) is 5.82 Å². The maximum absolute atomic E-state index is 14.5. The first-order valence-corrected chi connectivity index (χ1v) is 8.03. The van der Waals surface area contributed by atoms with E-state index in [1.165, 1.54) is 24.5 Å². The Labute approximate surface area is 135 Å². The Morgan fingerprint density at radius 2 is 2.00 bits per heavy atom. The van der Waals surface area contributed by atoms with Crippen LogP contribution in [0.3, 0.4) is 0 Å². The second-order valence-corrected chi connectivity index (χ2v) is 6.11. The van der Waals surface area contributed by atoms with E-state index in [4.69, 9.17) is 4.74 Å². The SMILES string of the molecule is COC(=O)[C@H]1CC(=O)N(c2ccc(N3CCCCC3)c(F)c2)C1. The highest BCUT2D eigenvalue weighted by molar-refractivity contribution is 5.99. The van der Waals surface area contributed by atoms with E-state index < -0.39 is 11.9 Å². The molecule has 0 unspecified atom stereocenters. The molecule has 2 heterocycles. The Balaban J connectivity index is 1.77. The lowest BCUT2D eigenvalue weighted by molar-refractivity contribution is -0.145. The van der Waals surface area contributed by atoms with Crippen LogP contribution in [0.4, 0.5) is 15.8 Å². The highest BCUT2D eigenvalue weighted by Gasteiger charge is 2.36. The highest BCUT2D eigenvalue weighted by Crippen LogP contribution is 2.30. The van der Waals surface area contributed by atoms with Crippen LogP contribution in [0.2, 0.25) is 0 Å². The molecular weight excluding hydrogens is 299 g/mol. The topological polar surface area (TPSA) is 49.9 Å². The smallest absolute Gasteiger partial charge is 0.311 e.